The average Bonchev–Trinajstić information content (AvgIpc) is 1.98. The molecule has 0 fully saturated rings. The highest BCUT2D eigenvalue weighted by molar-refractivity contribution is 4.43. The zero-order valence-electron chi connectivity index (χ0n) is 7.06. The van der Waals surface area contributed by atoms with Crippen LogP contribution in [0.1, 0.15) is 32.6 Å². The van der Waals surface area contributed by atoms with Gasteiger partial charge in [-0.3, -0.25) is 5.84 Å². The van der Waals surface area contributed by atoms with Crippen molar-refractivity contribution in [2.75, 3.05) is 13.6 Å². The van der Waals surface area contributed by atoms with Gasteiger partial charge in [-0.2, -0.15) is 5.53 Å². The molecule has 0 aromatic rings. The van der Waals surface area contributed by atoms with Crippen molar-refractivity contribution < 1.29 is 0 Å². The third-order valence-corrected chi connectivity index (χ3v) is 1.57. The quantitative estimate of drug-likeness (QED) is 0.331. The predicted molar refractivity (Wildman–Crippen MR) is 44.1 cm³/mol. The molecule has 3 N–H and O–H groups in total. The van der Waals surface area contributed by atoms with Crippen molar-refractivity contribution in [2.24, 2.45) is 5.84 Å². The number of rotatable bonds is 6. The smallest absolute Gasteiger partial charge is 0.0141 e. The minimum Gasteiger partial charge on any atom is -0.258 e. The molecular weight excluding hydrogens is 126 g/mol. The maximum atomic E-state index is 5.16. The van der Waals surface area contributed by atoms with Gasteiger partial charge in [0.15, 0.2) is 0 Å². The Bertz CT molecular complexity index is 65.9. The van der Waals surface area contributed by atoms with Crippen molar-refractivity contribution in [2.45, 2.75) is 32.6 Å². The summed E-state index contributed by atoms with van der Waals surface area (Å²) in [6, 6.07) is 0. The van der Waals surface area contributed by atoms with E-state index in [2.05, 4.69) is 12.5 Å². The largest absolute Gasteiger partial charge is 0.258 e. The number of nitrogens with zero attached hydrogens (tertiary/aromatic N) is 1. The first-order valence-electron chi connectivity index (χ1n) is 3.98. The van der Waals surface area contributed by atoms with Gasteiger partial charge in [-0.25, -0.2) is 5.01 Å². The van der Waals surface area contributed by atoms with E-state index in [1.807, 2.05) is 12.1 Å². The van der Waals surface area contributed by atoms with Gasteiger partial charge < -0.3 is 0 Å². The Morgan fingerprint density at radius 3 is 2.50 bits per heavy atom. The zero-order valence-corrected chi connectivity index (χ0v) is 7.06. The Balaban J connectivity index is 2.89. The van der Waals surface area contributed by atoms with Crippen LogP contribution in [0.25, 0.3) is 0 Å². The number of nitrogens with one attached hydrogen (secondary N) is 1. The maximum absolute atomic E-state index is 5.16. The van der Waals surface area contributed by atoms with Crippen molar-refractivity contribution in [3.8, 4) is 0 Å². The number of hydrazine groups is 2. The van der Waals surface area contributed by atoms with Crippen LogP contribution in [0.4, 0.5) is 0 Å². The lowest BCUT2D eigenvalue weighted by atomic mass is 10.2. The van der Waals surface area contributed by atoms with Crippen LogP contribution in [-0.2, 0) is 0 Å². The Kier molecular flexibility index (Phi) is 6.91. The molecule has 0 saturated carbocycles. The topological polar surface area (TPSA) is 41.3 Å². The zero-order chi connectivity index (χ0) is 7.82. The normalized spacial score (nSPS) is 10.8. The van der Waals surface area contributed by atoms with Crippen molar-refractivity contribution in [3.63, 3.8) is 0 Å². The maximum Gasteiger partial charge on any atom is 0.0141 e. The lowest BCUT2D eigenvalue weighted by Crippen LogP contribution is -2.40. The Morgan fingerprint density at radius 2 is 2.00 bits per heavy atom. The predicted octanol–water partition coefficient (Wildman–Crippen LogP) is 0.877. The molecule has 0 aliphatic carbocycles. The fourth-order valence-electron chi connectivity index (χ4n) is 0.840. The van der Waals surface area contributed by atoms with Crippen LogP contribution >= 0.6 is 0 Å². The third-order valence-electron chi connectivity index (χ3n) is 1.57. The van der Waals surface area contributed by atoms with Crippen molar-refractivity contribution in [1.29, 1.82) is 0 Å². The molecule has 0 heterocycles. The summed E-state index contributed by atoms with van der Waals surface area (Å²) in [5, 5.41) is 1.90. The molecule has 0 bridgehead atoms. The van der Waals surface area contributed by atoms with Gasteiger partial charge in [-0.15, -0.1) is 0 Å². The second kappa shape index (κ2) is 6.99. The number of hydrogen-bond acceptors (Lipinski definition) is 3. The second-order valence-corrected chi connectivity index (χ2v) is 2.61. The van der Waals surface area contributed by atoms with Crippen LogP contribution < -0.4 is 11.4 Å². The van der Waals surface area contributed by atoms with Gasteiger partial charge in [-0.05, 0) is 6.42 Å². The van der Waals surface area contributed by atoms with E-state index >= 15 is 0 Å². The SMILES string of the molecule is CCCCCCN(C)NN. The second-order valence-electron chi connectivity index (χ2n) is 2.61. The Hall–Kier alpha value is -0.120. The summed E-state index contributed by atoms with van der Waals surface area (Å²) in [5.41, 5.74) is 2.58. The molecule has 3 heteroatoms. The van der Waals surface area contributed by atoms with Crippen molar-refractivity contribution >= 4 is 0 Å². The molecule has 10 heavy (non-hydrogen) atoms. The average molecular weight is 145 g/mol. The molecule has 0 spiro atoms. The molecule has 3 nitrogen and oxygen atoms in total. The molecule has 0 atom stereocenters. The molecule has 0 unspecified atom stereocenters. The van der Waals surface area contributed by atoms with Gasteiger partial charge in [0.2, 0.25) is 0 Å². The molecule has 0 aliphatic heterocycles. The highest BCUT2D eigenvalue weighted by Gasteiger charge is 1.92. The highest BCUT2D eigenvalue weighted by atomic mass is 15.6. The van der Waals surface area contributed by atoms with E-state index in [9.17, 15) is 0 Å². The summed E-state index contributed by atoms with van der Waals surface area (Å²) in [6.45, 7) is 3.25. The first kappa shape index (κ1) is 9.88. The van der Waals surface area contributed by atoms with Crippen LogP contribution in [0.2, 0.25) is 0 Å². The summed E-state index contributed by atoms with van der Waals surface area (Å²) in [4.78, 5) is 0. The van der Waals surface area contributed by atoms with Crippen LogP contribution in [0.3, 0.4) is 0 Å². The molecule has 0 aliphatic rings. The third kappa shape index (κ3) is 6.01. The standard InChI is InChI=1S/C7H19N3/c1-3-4-5-6-7-10(2)9-8/h9H,3-8H2,1-2H3. The fraction of sp³-hybridized carbons (Fsp3) is 1.00. The van der Waals surface area contributed by atoms with E-state index in [0.29, 0.717) is 0 Å². The fourth-order valence-corrected chi connectivity index (χ4v) is 0.840. The van der Waals surface area contributed by atoms with Gasteiger partial charge in [-0.1, -0.05) is 26.2 Å². The summed E-state index contributed by atoms with van der Waals surface area (Å²) in [5.74, 6) is 5.16. The summed E-state index contributed by atoms with van der Waals surface area (Å²) in [7, 11) is 1.95. The summed E-state index contributed by atoms with van der Waals surface area (Å²) < 4.78 is 0. The van der Waals surface area contributed by atoms with E-state index in [1.165, 1.54) is 25.7 Å². The minimum absolute atomic E-state index is 1.04. The van der Waals surface area contributed by atoms with Gasteiger partial charge in [0.05, 0.1) is 0 Å². The number of hydrogen-bond donors (Lipinski definition) is 2. The van der Waals surface area contributed by atoms with E-state index in [-0.39, 0.29) is 0 Å². The molecule has 0 rings (SSSR count). The number of nitrogens with two attached hydrogens (primary N) is 1. The van der Waals surface area contributed by atoms with Crippen LogP contribution in [0.15, 0.2) is 0 Å². The highest BCUT2D eigenvalue weighted by Crippen LogP contribution is 1.98. The lowest BCUT2D eigenvalue weighted by molar-refractivity contribution is 0.233. The molecule has 0 radical (unpaired) electrons. The molecule has 0 amide bonds. The van der Waals surface area contributed by atoms with E-state index < -0.39 is 0 Å². The van der Waals surface area contributed by atoms with Crippen molar-refractivity contribution in [3.05, 3.63) is 0 Å². The van der Waals surface area contributed by atoms with E-state index in [4.69, 9.17) is 5.84 Å². The van der Waals surface area contributed by atoms with E-state index in [1.54, 1.807) is 0 Å². The van der Waals surface area contributed by atoms with Crippen LogP contribution in [-0.4, -0.2) is 18.6 Å². The molecule has 0 aromatic heterocycles. The van der Waals surface area contributed by atoms with Crippen LogP contribution in [0.5, 0.6) is 0 Å². The minimum atomic E-state index is 1.04. The Morgan fingerprint density at radius 1 is 1.30 bits per heavy atom. The Labute approximate surface area is 63.5 Å². The first-order valence-corrected chi connectivity index (χ1v) is 3.98. The van der Waals surface area contributed by atoms with Crippen molar-refractivity contribution in [1.82, 2.24) is 10.5 Å². The summed E-state index contributed by atoms with van der Waals surface area (Å²) >= 11 is 0. The summed E-state index contributed by atoms with van der Waals surface area (Å²) in [6.07, 6.45) is 5.16. The molecule has 0 saturated heterocycles. The van der Waals surface area contributed by atoms with Gasteiger partial charge >= 0.3 is 0 Å². The number of unbranched alkanes of at least 4 members (excludes halogenated alkanes) is 3. The monoisotopic (exact) mass is 145 g/mol. The van der Waals surface area contributed by atoms with Crippen LogP contribution in [0, 0.1) is 0 Å². The lowest BCUT2D eigenvalue weighted by Gasteiger charge is -2.13. The van der Waals surface area contributed by atoms with Gasteiger partial charge in [0.1, 0.15) is 0 Å². The van der Waals surface area contributed by atoms with Gasteiger partial charge in [0, 0.05) is 13.6 Å². The first-order chi connectivity index (χ1) is 4.81. The van der Waals surface area contributed by atoms with E-state index in [0.717, 1.165) is 6.54 Å². The molecule has 62 valence electrons. The van der Waals surface area contributed by atoms with Gasteiger partial charge in [0.25, 0.3) is 0 Å². The molecular formula is C7H19N3. The molecule has 0 aromatic carbocycles.